The van der Waals surface area contributed by atoms with E-state index in [0.717, 1.165) is 16.5 Å². The second-order valence-electron chi connectivity index (χ2n) is 7.19. The molecule has 0 saturated carbocycles. The van der Waals surface area contributed by atoms with Gasteiger partial charge in [0.1, 0.15) is 0 Å². The second-order valence-corrected chi connectivity index (χ2v) is 7.19. The van der Waals surface area contributed by atoms with Crippen molar-refractivity contribution < 1.29 is 19.1 Å². The van der Waals surface area contributed by atoms with E-state index in [-0.39, 0.29) is 18.2 Å². The molecule has 6 heteroatoms. The first-order valence-electron chi connectivity index (χ1n) is 9.93. The zero-order chi connectivity index (χ0) is 21.1. The Bertz CT molecular complexity index is 1100. The zero-order valence-corrected chi connectivity index (χ0v) is 16.6. The molecule has 3 aromatic carbocycles. The zero-order valence-electron chi connectivity index (χ0n) is 16.6. The lowest BCUT2D eigenvalue weighted by Crippen LogP contribution is -2.28. The van der Waals surface area contributed by atoms with E-state index in [1.54, 1.807) is 36.1 Å². The van der Waals surface area contributed by atoms with E-state index in [4.69, 9.17) is 4.74 Å². The molecular weight excluding hydrogens is 380 g/mol. The van der Waals surface area contributed by atoms with E-state index < -0.39 is 11.9 Å². The van der Waals surface area contributed by atoms with Crippen molar-refractivity contribution in [3.8, 4) is 0 Å². The molecule has 1 aliphatic heterocycles. The molecule has 0 aromatic heterocycles. The third kappa shape index (κ3) is 3.89. The Labute approximate surface area is 174 Å². The van der Waals surface area contributed by atoms with Gasteiger partial charge in [0.15, 0.2) is 0 Å². The Morgan fingerprint density at radius 1 is 1.03 bits per heavy atom. The van der Waals surface area contributed by atoms with E-state index in [2.05, 4.69) is 5.32 Å². The molecule has 1 N–H and O–H groups in total. The monoisotopic (exact) mass is 402 g/mol. The van der Waals surface area contributed by atoms with Crippen LogP contribution in [0, 0.1) is 5.92 Å². The van der Waals surface area contributed by atoms with Gasteiger partial charge in [0, 0.05) is 24.0 Å². The number of rotatable bonds is 5. The third-order valence-electron chi connectivity index (χ3n) is 5.22. The van der Waals surface area contributed by atoms with Crippen LogP contribution in [0.3, 0.4) is 0 Å². The van der Waals surface area contributed by atoms with E-state index >= 15 is 0 Å². The number of anilines is 2. The molecule has 30 heavy (non-hydrogen) atoms. The molecule has 0 bridgehead atoms. The predicted octanol–water partition coefficient (Wildman–Crippen LogP) is 4.01. The summed E-state index contributed by atoms with van der Waals surface area (Å²) in [6.07, 6.45) is 0.163. The molecule has 1 heterocycles. The molecule has 2 amide bonds. The second kappa shape index (κ2) is 8.37. The summed E-state index contributed by atoms with van der Waals surface area (Å²) in [5.41, 5.74) is 1.82. The van der Waals surface area contributed by atoms with Gasteiger partial charge in [0.05, 0.1) is 23.8 Å². The summed E-state index contributed by atoms with van der Waals surface area (Å²) < 4.78 is 4.96. The molecular formula is C24H22N2O4. The number of carbonyl (C=O) groups is 3. The van der Waals surface area contributed by atoms with Crippen molar-refractivity contribution in [1.29, 1.82) is 0 Å². The van der Waals surface area contributed by atoms with Crippen molar-refractivity contribution in [2.24, 2.45) is 5.92 Å². The lowest BCUT2D eigenvalue weighted by atomic mass is 10.1. The van der Waals surface area contributed by atoms with E-state index in [1.165, 1.54) is 0 Å². The Kier molecular flexibility index (Phi) is 5.48. The van der Waals surface area contributed by atoms with Crippen LogP contribution in [0.25, 0.3) is 10.8 Å². The van der Waals surface area contributed by atoms with Crippen molar-refractivity contribution in [1.82, 2.24) is 0 Å². The van der Waals surface area contributed by atoms with Crippen LogP contribution in [-0.2, 0) is 14.3 Å². The van der Waals surface area contributed by atoms with Gasteiger partial charge in [0.2, 0.25) is 11.8 Å². The van der Waals surface area contributed by atoms with Crippen LogP contribution in [0.1, 0.15) is 23.7 Å². The van der Waals surface area contributed by atoms with Crippen LogP contribution in [0.15, 0.2) is 66.7 Å². The first-order chi connectivity index (χ1) is 14.6. The normalized spacial score (nSPS) is 16.0. The quantitative estimate of drug-likeness (QED) is 0.655. The van der Waals surface area contributed by atoms with Gasteiger partial charge in [-0.25, -0.2) is 4.79 Å². The number of nitrogens with zero attached hydrogens (tertiary/aromatic N) is 1. The number of carbonyl (C=O) groups excluding carboxylic acids is 3. The fraction of sp³-hybridized carbons (Fsp3) is 0.208. The fourth-order valence-electron chi connectivity index (χ4n) is 3.71. The number of hydrogen-bond donors (Lipinski definition) is 1. The first-order valence-corrected chi connectivity index (χ1v) is 9.93. The summed E-state index contributed by atoms with van der Waals surface area (Å²) in [6, 6.07) is 20.2. The summed E-state index contributed by atoms with van der Waals surface area (Å²) in [5.74, 6) is -1.12. The molecule has 4 rings (SSSR count). The van der Waals surface area contributed by atoms with Crippen LogP contribution in [0.4, 0.5) is 11.4 Å². The van der Waals surface area contributed by atoms with Gasteiger partial charge in [-0.1, -0.05) is 36.4 Å². The van der Waals surface area contributed by atoms with Gasteiger partial charge in [-0.15, -0.1) is 0 Å². The number of hydrogen-bond acceptors (Lipinski definition) is 4. The summed E-state index contributed by atoms with van der Waals surface area (Å²) in [7, 11) is 0. The molecule has 0 spiro atoms. The maximum atomic E-state index is 12.7. The maximum Gasteiger partial charge on any atom is 0.338 e. The molecule has 3 aromatic rings. The van der Waals surface area contributed by atoms with Crippen molar-refractivity contribution in [2.45, 2.75) is 13.3 Å². The minimum absolute atomic E-state index is 0.0656. The number of fused-ring (bicyclic) bond motifs is 1. The van der Waals surface area contributed by atoms with Crippen molar-refractivity contribution >= 4 is 39.9 Å². The fourth-order valence-corrected chi connectivity index (χ4v) is 3.71. The van der Waals surface area contributed by atoms with Crippen LogP contribution >= 0.6 is 0 Å². The Morgan fingerprint density at radius 3 is 2.53 bits per heavy atom. The minimum atomic E-state index is -0.443. The van der Waals surface area contributed by atoms with Crippen LogP contribution in [0.5, 0.6) is 0 Å². The highest BCUT2D eigenvalue weighted by molar-refractivity contribution is 6.08. The first kappa shape index (κ1) is 19.6. The maximum absolute atomic E-state index is 12.7. The highest BCUT2D eigenvalue weighted by atomic mass is 16.5. The summed E-state index contributed by atoms with van der Waals surface area (Å²) in [6.45, 7) is 2.39. The minimum Gasteiger partial charge on any atom is -0.462 e. The topological polar surface area (TPSA) is 75.7 Å². The van der Waals surface area contributed by atoms with Gasteiger partial charge >= 0.3 is 5.97 Å². The van der Waals surface area contributed by atoms with Crippen LogP contribution in [0.2, 0.25) is 0 Å². The number of esters is 1. The van der Waals surface area contributed by atoms with Gasteiger partial charge in [-0.05, 0) is 42.6 Å². The predicted molar refractivity (Wildman–Crippen MR) is 115 cm³/mol. The molecule has 0 radical (unpaired) electrons. The Morgan fingerprint density at radius 2 is 1.77 bits per heavy atom. The number of amides is 2. The standard InChI is InChI=1S/C24H22N2O4/c1-2-30-24(29)17-10-12-19(13-11-17)25-23(28)18-14-22(27)26(15-18)21-9-5-7-16-6-3-4-8-20(16)21/h3-13,18H,2,14-15H2,1H3,(H,25,28)/t18-/m1/s1. The van der Waals surface area contributed by atoms with Gasteiger partial charge in [-0.3, -0.25) is 9.59 Å². The molecule has 152 valence electrons. The molecule has 1 atom stereocenters. The summed E-state index contributed by atoms with van der Waals surface area (Å²) >= 11 is 0. The van der Waals surface area contributed by atoms with Crippen LogP contribution < -0.4 is 10.2 Å². The average Bonchev–Trinajstić information content (AvgIpc) is 3.15. The highest BCUT2D eigenvalue weighted by Crippen LogP contribution is 2.32. The van der Waals surface area contributed by atoms with Gasteiger partial charge in [0.25, 0.3) is 0 Å². The Balaban J connectivity index is 1.46. The molecule has 6 nitrogen and oxygen atoms in total. The molecule has 1 saturated heterocycles. The lowest BCUT2D eigenvalue weighted by Gasteiger charge is -2.19. The molecule has 0 aliphatic carbocycles. The number of nitrogens with one attached hydrogen (secondary N) is 1. The highest BCUT2D eigenvalue weighted by Gasteiger charge is 2.35. The van der Waals surface area contributed by atoms with Crippen molar-refractivity contribution in [3.63, 3.8) is 0 Å². The smallest absolute Gasteiger partial charge is 0.338 e. The number of ether oxygens (including phenoxy) is 1. The SMILES string of the molecule is CCOC(=O)c1ccc(NC(=O)[C@@H]2CC(=O)N(c3cccc4ccccc34)C2)cc1. The van der Waals surface area contributed by atoms with Crippen molar-refractivity contribution in [2.75, 3.05) is 23.4 Å². The van der Waals surface area contributed by atoms with Crippen LogP contribution in [-0.4, -0.2) is 30.9 Å². The number of benzene rings is 3. The largest absolute Gasteiger partial charge is 0.462 e. The third-order valence-corrected chi connectivity index (χ3v) is 5.22. The molecule has 1 aliphatic rings. The average molecular weight is 402 g/mol. The van der Waals surface area contributed by atoms with Gasteiger partial charge < -0.3 is 15.0 Å². The molecule has 0 unspecified atom stereocenters. The van der Waals surface area contributed by atoms with Gasteiger partial charge in [-0.2, -0.15) is 0 Å². The van der Waals surface area contributed by atoms with E-state index in [9.17, 15) is 14.4 Å². The lowest BCUT2D eigenvalue weighted by molar-refractivity contribution is -0.122. The summed E-state index contributed by atoms with van der Waals surface area (Å²) in [4.78, 5) is 38.8. The summed E-state index contributed by atoms with van der Waals surface area (Å²) in [5, 5.41) is 4.88. The van der Waals surface area contributed by atoms with E-state index in [0.29, 0.717) is 24.4 Å². The Hall–Kier alpha value is -3.67. The molecule has 1 fully saturated rings. The van der Waals surface area contributed by atoms with Crippen molar-refractivity contribution in [3.05, 3.63) is 72.3 Å². The van der Waals surface area contributed by atoms with E-state index in [1.807, 2.05) is 42.5 Å².